The maximum atomic E-state index is 12.6. The molecule has 0 aromatic heterocycles. The van der Waals surface area contributed by atoms with Gasteiger partial charge in [0.25, 0.3) is 0 Å². The van der Waals surface area contributed by atoms with E-state index in [0.717, 1.165) is 26.2 Å². The van der Waals surface area contributed by atoms with Crippen molar-refractivity contribution in [2.75, 3.05) is 26.4 Å². The molecule has 51 heavy (non-hydrogen) atoms. The Bertz CT molecular complexity index is 1110. The van der Waals surface area contributed by atoms with Gasteiger partial charge < -0.3 is 45.2 Å². The zero-order chi connectivity index (χ0) is 38.7. The van der Waals surface area contributed by atoms with Crippen LogP contribution in [0.15, 0.2) is 0 Å². The minimum atomic E-state index is -4.94. The lowest BCUT2D eigenvalue weighted by atomic mass is 10.1. The monoisotopic (exact) mass is 754 g/mol. The second-order valence-corrected chi connectivity index (χ2v) is 13.8. The van der Waals surface area contributed by atoms with Crippen LogP contribution >= 0.6 is 7.82 Å². The highest BCUT2D eigenvalue weighted by atomic mass is 31.2. The predicted octanol–water partition coefficient (Wildman–Crippen LogP) is 3.64. The average molecular weight is 755 g/mol. The predicted molar refractivity (Wildman–Crippen MR) is 183 cm³/mol. The van der Waals surface area contributed by atoms with Gasteiger partial charge >= 0.3 is 37.7 Å². The number of esters is 4. The minimum absolute atomic E-state index is 0.0251. The molecule has 0 aromatic carbocycles. The quantitative estimate of drug-likeness (QED) is 0.0330. The fourth-order valence-electron chi connectivity index (χ4n) is 4.46. The number of ether oxygens (including phenoxy) is 4. The second kappa shape index (κ2) is 28.6. The molecule has 0 amide bonds. The number of hydrogen-bond acceptors (Lipinski definition) is 15. The van der Waals surface area contributed by atoms with Crippen LogP contribution < -0.4 is 11.5 Å². The number of phosphoric ester groups is 1. The van der Waals surface area contributed by atoms with Gasteiger partial charge in [0.05, 0.1) is 13.2 Å². The standard InChI is InChI=1S/C33H59N2O15P/c1-4-5-6-7-8-9-10-11-12-13-14-15-31(40)45-20-26(49-25(3)37)22-47-51(43,44)48-23-27(50-33(42)29(35)17-16-24(2)36)21-46-32(41)28(34)18-19-30(38)39/h26-29H,4-23,34-35H2,1-3H3,(H,38,39)(H,43,44)/t26-,27?,28+,29+/m1/s1. The summed E-state index contributed by atoms with van der Waals surface area (Å²) in [6, 6.07) is -2.58. The van der Waals surface area contributed by atoms with E-state index in [1.54, 1.807) is 0 Å². The number of phosphoric acid groups is 1. The van der Waals surface area contributed by atoms with Crippen LogP contribution in [0.25, 0.3) is 0 Å². The van der Waals surface area contributed by atoms with E-state index in [9.17, 15) is 38.2 Å². The number of aliphatic carboxylic acids is 1. The third kappa shape index (κ3) is 28.3. The molecule has 17 nitrogen and oxygen atoms in total. The molecule has 0 heterocycles. The molecule has 5 atom stereocenters. The Morgan fingerprint density at radius 3 is 1.61 bits per heavy atom. The van der Waals surface area contributed by atoms with Crippen LogP contribution in [0.2, 0.25) is 0 Å². The topological polar surface area (TPSA) is 267 Å². The highest BCUT2D eigenvalue weighted by molar-refractivity contribution is 7.47. The van der Waals surface area contributed by atoms with Crippen molar-refractivity contribution in [3.63, 3.8) is 0 Å². The van der Waals surface area contributed by atoms with Crippen LogP contribution in [-0.4, -0.2) is 96.3 Å². The summed E-state index contributed by atoms with van der Waals surface area (Å²) in [7, 11) is -4.94. The van der Waals surface area contributed by atoms with Crippen molar-refractivity contribution in [3.05, 3.63) is 0 Å². The molecule has 0 radical (unpaired) electrons. The second-order valence-electron chi connectivity index (χ2n) is 12.3. The Morgan fingerprint density at radius 1 is 0.627 bits per heavy atom. The summed E-state index contributed by atoms with van der Waals surface area (Å²) in [4.78, 5) is 80.7. The maximum Gasteiger partial charge on any atom is 0.472 e. The molecule has 2 unspecified atom stereocenters. The Labute approximate surface area is 300 Å². The molecule has 0 bridgehead atoms. The summed E-state index contributed by atoms with van der Waals surface area (Å²) < 4.78 is 42.8. The van der Waals surface area contributed by atoms with Gasteiger partial charge in [-0.15, -0.1) is 0 Å². The van der Waals surface area contributed by atoms with E-state index >= 15 is 0 Å². The van der Waals surface area contributed by atoms with Gasteiger partial charge in [0.1, 0.15) is 31.1 Å². The largest absolute Gasteiger partial charge is 0.481 e. The summed E-state index contributed by atoms with van der Waals surface area (Å²) >= 11 is 0. The molecular weight excluding hydrogens is 695 g/mol. The van der Waals surface area contributed by atoms with Crippen molar-refractivity contribution in [1.82, 2.24) is 0 Å². The molecule has 0 aliphatic heterocycles. The SMILES string of the molecule is CCCCCCCCCCCCCC(=O)OC[C@H](COP(=O)(O)OCC(COC(=O)[C@@H](N)CCC(=O)O)OC(=O)[C@@H](N)CCC(C)=O)OC(C)=O. The molecule has 0 fully saturated rings. The Balaban J connectivity index is 4.94. The Morgan fingerprint density at radius 2 is 1.10 bits per heavy atom. The van der Waals surface area contributed by atoms with Gasteiger partial charge in [0, 0.05) is 26.2 Å². The lowest BCUT2D eigenvalue weighted by molar-refractivity contribution is -0.163. The van der Waals surface area contributed by atoms with Crippen molar-refractivity contribution >= 4 is 43.5 Å². The zero-order valence-electron chi connectivity index (χ0n) is 30.3. The van der Waals surface area contributed by atoms with Crippen molar-refractivity contribution in [2.45, 2.75) is 148 Å². The summed E-state index contributed by atoms with van der Waals surface area (Å²) in [5, 5.41) is 8.78. The summed E-state index contributed by atoms with van der Waals surface area (Å²) in [5.41, 5.74) is 11.4. The van der Waals surface area contributed by atoms with Gasteiger partial charge in [0.15, 0.2) is 12.2 Å². The van der Waals surface area contributed by atoms with Gasteiger partial charge in [-0.1, -0.05) is 71.1 Å². The summed E-state index contributed by atoms with van der Waals surface area (Å²) in [6.07, 6.45) is 8.93. The average Bonchev–Trinajstić information content (AvgIpc) is 3.06. The van der Waals surface area contributed by atoms with Gasteiger partial charge in [-0.3, -0.25) is 33.0 Å². The summed E-state index contributed by atoms with van der Waals surface area (Å²) in [5.74, 6) is -4.79. The van der Waals surface area contributed by atoms with E-state index in [-0.39, 0.29) is 31.5 Å². The minimum Gasteiger partial charge on any atom is -0.481 e. The van der Waals surface area contributed by atoms with Crippen LogP contribution in [0.5, 0.6) is 0 Å². The van der Waals surface area contributed by atoms with E-state index in [1.165, 1.54) is 51.9 Å². The number of carboxylic acid groups (broad SMARTS) is 1. The fourth-order valence-corrected chi connectivity index (χ4v) is 5.24. The third-order valence-corrected chi connectivity index (χ3v) is 8.32. The molecule has 6 N–H and O–H groups in total. The lowest BCUT2D eigenvalue weighted by Crippen LogP contribution is -2.40. The smallest absolute Gasteiger partial charge is 0.472 e. The van der Waals surface area contributed by atoms with Gasteiger partial charge in [-0.05, 0) is 26.2 Å². The van der Waals surface area contributed by atoms with E-state index < -0.39 is 94.8 Å². The van der Waals surface area contributed by atoms with Crippen LogP contribution in [0.4, 0.5) is 0 Å². The van der Waals surface area contributed by atoms with Crippen LogP contribution in [-0.2, 0) is 61.3 Å². The molecule has 296 valence electrons. The number of carboxylic acids is 1. The number of unbranched alkanes of at least 4 members (excludes halogenated alkanes) is 10. The number of ketones is 1. The normalized spacial score (nSPS) is 14.7. The number of carbonyl (C=O) groups is 6. The van der Waals surface area contributed by atoms with Crippen LogP contribution in [0, 0.1) is 0 Å². The molecule has 0 saturated heterocycles. The Hall–Kier alpha value is -2.95. The van der Waals surface area contributed by atoms with E-state index in [1.807, 2.05) is 0 Å². The number of hydrogen-bond donors (Lipinski definition) is 4. The number of rotatable bonds is 32. The molecule has 18 heteroatoms. The van der Waals surface area contributed by atoms with Crippen molar-refractivity contribution in [3.8, 4) is 0 Å². The maximum absolute atomic E-state index is 12.6. The molecule has 0 spiro atoms. The summed E-state index contributed by atoms with van der Waals surface area (Å²) in [6.45, 7) is 1.83. The highest BCUT2D eigenvalue weighted by Gasteiger charge is 2.30. The number of Topliss-reactive ketones (excluding diaryl/α,β-unsaturated/α-hetero) is 1. The van der Waals surface area contributed by atoms with Crippen molar-refractivity contribution in [2.24, 2.45) is 11.5 Å². The number of nitrogens with two attached hydrogens (primary N) is 2. The van der Waals surface area contributed by atoms with Gasteiger partial charge in [0.2, 0.25) is 0 Å². The lowest BCUT2D eigenvalue weighted by Gasteiger charge is -2.23. The molecule has 0 aliphatic carbocycles. The molecule has 0 aromatic rings. The van der Waals surface area contributed by atoms with E-state index in [4.69, 9.17) is 44.6 Å². The van der Waals surface area contributed by atoms with Crippen molar-refractivity contribution in [1.29, 1.82) is 0 Å². The van der Waals surface area contributed by atoms with Gasteiger partial charge in [-0.2, -0.15) is 0 Å². The zero-order valence-corrected chi connectivity index (χ0v) is 31.1. The molecule has 0 saturated carbocycles. The molecule has 0 aliphatic rings. The van der Waals surface area contributed by atoms with Gasteiger partial charge in [-0.25, -0.2) is 4.57 Å². The highest BCUT2D eigenvalue weighted by Crippen LogP contribution is 2.43. The van der Waals surface area contributed by atoms with Crippen LogP contribution in [0.3, 0.4) is 0 Å². The Kier molecular flexibility index (Phi) is 27.0. The van der Waals surface area contributed by atoms with Crippen LogP contribution in [0.1, 0.15) is 124 Å². The third-order valence-electron chi connectivity index (χ3n) is 7.37. The molecule has 0 rings (SSSR count). The first kappa shape index (κ1) is 48.0. The number of carbonyl (C=O) groups excluding carboxylic acids is 5. The first-order valence-electron chi connectivity index (χ1n) is 17.6. The van der Waals surface area contributed by atoms with E-state index in [2.05, 4.69) is 6.92 Å². The first-order valence-corrected chi connectivity index (χ1v) is 19.1. The fraction of sp³-hybridized carbons (Fsp3) is 0.818. The van der Waals surface area contributed by atoms with E-state index in [0.29, 0.717) is 6.42 Å². The van der Waals surface area contributed by atoms with Crippen molar-refractivity contribution < 1.29 is 71.3 Å². The first-order chi connectivity index (χ1) is 24.1. The molecular formula is C33H59N2O15P.